The van der Waals surface area contributed by atoms with E-state index in [9.17, 15) is 22.8 Å². The Morgan fingerprint density at radius 2 is 2.00 bits per heavy atom. The molecule has 0 heterocycles. The molecule has 14 heavy (non-hydrogen) atoms. The van der Waals surface area contributed by atoms with Crippen LogP contribution in [0.3, 0.4) is 0 Å². The van der Waals surface area contributed by atoms with Crippen molar-refractivity contribution in [3.8, 4) is 0 Å². The van der Waals surface area contributed by atoms with Gasteiger partial charge in [-0.25, -0.2) is 0 Å². The van der Waals surface area contributed by atoms with Crippen molar-refractivity contribution in [2.45, 2.75) is 18.5 Å². The van der Waals surface area contributed by atoms with E-state index in [1.807, 2.05) is 5.32 Å². The van der Waals surface area contributed by atoms with Crippen molar-refractivity contribution < 1.29 is 27.9 Å². The average molecular weight is 231 g/mol. The van der Waals surface area contributed by atoms with E-state index in [1.54, 1.807) is 0 Å². The summed E-state index contributed by atoms with van der Waals surface area (Å²) in [5.74, 6) is -3.08. The van der Waals surface area contributed by atoms with Crippen LogP contribution in [-0.4, -0.2) is 34.3 Å². The summed E-state index contributed by atoms with van der Waals surface area (Å²) in [5, 5.41) is 10.2. The smallest absolute Gasteiger partial charge is 0.442 e. The first kappa shape index (κ1) is 13.1. The molecular weight excluding hydrogens is 223 g/mol. The summed E-state index contributed by atoms with van der Waals surface area (Å²) < 4.78 is 34.7. The van der Waals surface area contributed by atoms with Gasteiger partial charge in [0.2, 0.25) is 5.91 Å². The molecule has 0 saturated heterocycles. The number of hydrogen-bond acceptors (Lipinski definition) is 3. The molecule has 0 aromatic carbocycles. The molecule has 0 saturated carbocycles. The van der Waals surface area contributed by atoms with Crippen LogP contribution in [0, 0.1) is 0 Å². The Kier molecular flexibility index (Phi) is 4.75. The fraction of sp³-hybridized carbons (Fsp3) is 0.667. The number of alkyl halides is 3. The maximum absolute atomic E-state index is 11.6. The first-order valence-electron chi connectivity index (χ1n) is 3.45. The highest BCUT2D eigenvalue weighted by Crippen LogP contribution is 2.29. The summed E-state index contributed by atoms with van der Waals surface area (Å²) in [6.45, 7) is 1.17. The van der Waals surface area contributed by atoms with Gasteiger partial charge in [0.25, 0.3) is 0 Å². The van der Waals surface area contributed by atoms with Crippen molar-refractivity contribution in [3.63, 3.8) is 0 Å². The van der Waals surface area contributed by atoms with Crippen molar-refractivity contribution in [1.29, 1.82) is 0 Å². The zero-order chi connectivity index (χ0) is 11.4. The first-order chi connectivity index (χ1) is 6.22. The Labute approximate surface area is 81.9 Å². The monoisotopic (exact) mass is 231 g/mol. The van der Waals surface area contributed by atoms with E-state index in [1.165, 1.54) is 6.92 Å². The molecule has 0 aromatic rings. The third kappa shape index (κ3) is 6.58. The number of carbonyl (C=O) groups is 2. The fourth-order valence-electron chi connectivity index (χ4n) is 0.492. The summed E-state index contributed by atoms with van der Waals surface area (Å²) in [6, 6.07) is -1.18. The summed E-state index contributed by atoms with van der Waals surface area (Å²) in [4.78, 5) is 20.9. The van der Waals surface area contributed by atoms with E-state index in [4.69, 9.17) is 5.11 Å². The quantitative estimate of drug-likeness (QED) is 0.752. The minimum atomic E-state index is -4.48. The van der Waals surface area contributed by atoms with Crippen LogP contribution in [0.1, 0.15) is 6.92 Å². The van der Waals surface area contributed by atoms with E-state index < -0.39 is 40.9 Å². The van der Waals surface area contributed by atoms with E-state index in [-0.39, 0.29) is 0 Å². The molecule has 0 radical (unpaired) electrons. The highest BCUT2D eigenvalue weighted by atomic mass is 32.2. The SMILES string of the molecule is C[C@H](NC(=O)CSC(F)(F)F)C(=O)O. The first-order valence-corrected chi connectivity index (χ1v) is 4.44. The Morgan fingerprint density at radius 3 is 2.36 bits per heavy atom. The number of nitrogens with one attached hydrogen (secondary N) is 1. The summed E-state index contributed by atoms with van der Waals surface area (Å²) in [5.41, 5.74) is -4.48. The second kappa shape index (κ2) is 5.08. The average Bonchev–Trinajstić information content (AvgIpc) is 1.99. The zero-order valence-electron chi connectivity index (χ0n) is 7.09. The van der Waals surface area contributed by atoms with Crippen LogP contribution in [0.5, 0.6) is 0 Å². The maximum Gasteiger partial charge on any atom is 0.442 e. The number of aliphatic carboxylic acids is 1. The van der Waals surface area contributed by atoms with Gasteiger partial charge in [0.05, 0.1) is 5.75 Å². The number of carboxylic acids is 1. The lowest BCUT2D eigenvalue weighted by Gasteiger charge is -2.09. The third-order valence-corrected chi connectivity index (χ3v) is 1.85. The molecule has 0 fully saturated rings. The Hall–Kier alpha value is -0.920. The van der Waals surface area contributed by atoms with Gasteiger partial charge in [-0.15, -0.1) is 0 Å². The number of carboxylic acid groups (broad SMARTS) is 1. The van der Waals surface area contributed by atoms with Crippen molar-refractivity contribution in [2.24, 2.45) is 0 Å². The number of carbonyl (C=O) groups excluding carboxylic acids is 1. The molecule has 82 valence electrons. The van der Waals surface area contributed by atoms with E-state index in [0.29, 0.717) is 0 Å². The minimum absolute atomic E-state index is 0.510. The molecule has 0 aliphatic rings. The Bertz CT molecular complexity index is 231. The Morgan fingerprint density at radius 1 is 1.50 bits per heavy atom. The molecular formula is C6H8F3NO3S. The van der Waals surface area contributed by atoms with Gasteiger partial charge in [-0.05, 0) is 18.7 Å². The van der Waals surface area contributed by atoms with Gasteiger partial charge in [0.1, 0.15) is 6.04 Å². The lowest BCUT2D eigenvalue weighted by Crippen LogP contribution is -2.39. The standard InChI is InChI=1S/C6H8F3NO3S/c1-3(5(12)13)10-4(11)2-14-6(7,8)9/h3H,2H2,1H3,(H,10,11)(H,12,13)/t3-/m0/s1. The molecule has 0 aromatic heterocycles. The molecule has 0 unspecified atom stereocenters. The summed E-state index contributed by atoms with van der Waals surface area (Å²) >= 11 is -0.510. The molecule has 4 nitrogen and oxygen atoms in total. The van der Waals surface area contributed by atoms with E-state index >= 15 is 0 Å². The normalized spacial score (nSPS) is 13.4. The zero-order valence-corrected chi connectivity index (χ0v) is 7.91. The lowest BCUT2D eigenvalue weighted by molar-refractivity contribution is -0.140. The van der Waals surface area contributed by atoms with E-state index in [0.717, 1.165) is 0 Å². The molecule has 1 amide bonds. The van der Waals surface area contributed by atoms with Gasteiger partial charge in [0, 0.05) is 0 Å². The second-order valence-corrected chi connectivity index (χ2v) is 3.40. The number of rotatable bonds is 4. The van der Waals surface area contributed by atoms with Gasteiger partial charge in [-0.1, -0.05) is 0 Å². The van der Waals surface area contributed by atoms with Gasteiger partial charge in [0.15, 0.2) is 0 Å². The van der Waals surface area contributed by atoms with Crippen LogP contribution in [0.25, 0.3) is 0 Å². The van der Waals surface area contributed by atoms with Crippen LogP contribution in [0.15, 0.2) is 0 Å². The molecule has 2 N–H and O–H groups in total. The molecule has 0 spiro atoms. The second-order valence-electron chi connectivity index (χ2n) is 2.36. The van der Waals surface area contributed by atoms with Crippen molar-refractivity contribution in [3.05, 3.63) is 0 Å². The molecule has 0 aliphatic heterocycles. The Balaban J connectivity index is 3.83. The van der Waals surface area contributed by atoms with Crippen LogP contribution >= 0.6 is 11.8 Å². The van der Waals surface area contributed by atoms with Crippen LogP contribution in [0.2, 0.25) is 0 Å². The maximum atomic E-state index is 11.6. The van der Waals surface area contributed by atoms with Crippen molar-refractivity contribution >= 4 is 23.6 Å². The number of halogens is 3. The van der Waals surface area contributed by atoms with Gasteiger partial charge in [-0.3, -0.25) is 9.59 Å². The minimum Gasteiger partial charge on any atom is -0.480 e. The molecule has 0 bridgehead atoms. The number of thioether (sulfide) groups is 1. The highest BCUT2D eigenvalue weighted by Gasteiger charge is 2.29. The highest BCUT2D eigenvalue weighted by molar-refractivity contribution is 8.00. The van der Waals surface area contributed by atoms with Crippen LogP contribution in [0.4, 0.5) is 13.2 Å². The fourth-order valence-corrected chi connectivity index (χ4v) is 0.870. The number of hydrogen-bond donors (Lipinski definition) is 2. The van der Waals surface area contributed by atoms with Crippen LogP contribution < -0.4 is 5.32 Å². The van der Waals surface area contributed by atoms with Crippen LogP contribution in [-0.2, 0) is 9.59 Å². The van der Waals surface area contributed by atoms with Crippen molar-refractivity contribution in [2.75, 3.05) is 5.75 Å². The van der Waals surface area contributed by atoms with Gasteiger partial charge < -0.3 is 10.4 Å². The number of amides is 1. The summed E-state index contributed by atoms with van der Waals surface area (Å²) in [7, 11) is 0. The molecule has 1 atom stereocenters. The topological polar surface area (TPSA) is 66.4 Å². The molecule has 0 aliphatic carbocycles. The largest absolute Gasteiger partial charge is 0.480 e. The van der Waals surface area contributed by atoms with Gasteiger partial charge >= 0.3 is 11.5 Å². The predicted molar refractivity (Wildman–Crippen MR) is 43.8 cm³/mol. The van der Waals surface area contributed by atoms with Crippen molar-refractivity contribution in [1.82, 2.24) is 5.32 Å². The van der Waals surface area contributed by atoms with Gasteiger partial charge in [-0.2, -0.15) is 13.2 Å². The third-order valence-electron chi connectivity index (χ3n) is 1.11. The molecule has 8 heteroatoms. The molecule has 0 rings (SSSR count). The lowest BCUT2D eigenvalue weighted by atomic mass is 10.3. The van der Waals surface area contributed by atoms with E-state index in [2.05, 4.69) is 0 Å². The summed E-state index contributed by atoms with van der Waals surface area (Å²) in [6.07, 6.45) is 0. The predicted octanol–water partition coefficient (Wildman–Crippen LogP) is 0.829.